The number of hydrogen-bond donors (Lipinski definition) is 2. The van der Waals surface area contributed by atoms with Gasteiger partial charge in [0.1, 0.15) is 6.04 Å². The van der Waals surface area contributed by atoms with Gasteiger partial charge in [-0.3, -0.25) is 9.59 Å². The Morgan fingerprint density at radius 3 is 2.84 bits per heavy atom. The first-order valence-corrected chi connectivity index (χ1v) is 6.37. The van der Waals surface area contributed by atoms with Crippen molar-refractivity contribution in [2.45, 2.75) is 25.8 Å². The van der Waals surface area contributed by atoms with Crippen molar-refractivity contribution in [1.82, 2.24) is 5.32 Å². The molecule has 0 aliphatic carbocycles. The van der Waals surface area contributed by atoms with Crippen LogP contribution in [0.2, 0.25) is 0 Å². The standard InChI is InChI=1S/C14H18N2O3/c1-9(14(18)19)15-13(17)11-5-6-12-10(8-11)4-3-7-16(12)2/h5-6,8-9H,3-4,7H2,1-2H3,(H,15,17)(H,18,19). The molecule has 102 valence electrons. The van der Waals surface area contributed by atoms with E-state index in [0.29, 0.717) is 5.56 Å². The summed E-state index contributed by atoms with van der Waals surface area (Å²) in [5.41, 5.74) is 2.81. The molecule has 2 N–H and O–H groups in total. The molecule has 5 heteroatoms. The lowest BCUT2D eigenvalue weighted by molar-refractivity contribution is -0.138. The molecule has 0 aromatic heterocycles. The second-order valence-electron chi connectivity index (χ2n) is 4.90. The molecule has 1 aromatic carbocycles. The fourth-order valence-corrected chi connectivity index (χ4v) is 2.27. The van der Waals surface area contributed by atoms with Gasteiger partial charge in [0.25, 0.3) is 5.91 Å². The molecule has 0 saturated carbocycles. The third-order valence-corrected chi connectivity index (χ3v) is 3.41. The van der Waals surface area contributed by atoms with E-state index in [9.17, 15) is 9.59 Å². The van der Waals surface area contributed by atoms with E-state index in [4.69, 9.17) is 5.11 Å². The minimum atomic E-state index is -1.04. The Morgan fingerprint density at radius 1 is 1.42 bits per heavy atom. The number of carboxylic acids is 1. The van der Waals surface area contributed by atoms with E-state index in [2.05, 4.69) is 10.2 Å². The van der Waals surface area contributed by atoms with Crippen molar-refractivity contribution < 1.29 is 14.7 Å². The van der Waals surface area contributed by atoms with Crippen molar-refractivity contribution in [2.24, 2.45) is 0 Å². The van der Waals surface area contributed by atoms with Crippen LogP contribution in [0.25, 0.3) is 0 Å². The van der Waals surface area contributed by atoms with E-state index in [1.165, 1.54) is 6.92 Å². The summed E-state index contributed by atoms with van der Waals surface area (Å²) in [6, 6.07) is 4.64. The van der Waals surface area contributed by atoms with Crippen molar-refractivity contribution in [3.63, 3.8) is 0 Å². The Labute approximate surface area is 112 Å². The maximum Gasteiger partial charge on any atom is 0.325 e. The van der Waals surface area contributed by atoms with E-state index in [0.717, 1.165) is 30.6 Å². The van der Waals surface area contributed by atoms with E-state index < -0.39 is 12.0 Å². The summed E-state index contributed by atoms with van der Waals surface area (Å²) >= 11 is 0. The molecule has 1 amide bonds. The van der Waals surface area contributed by atoms with Crippen LogP contribution in [0.15, 0.2) is 18.2 Å². The summed E-state index contributed by atoms with van der Waals surface area (Å²) in [6.45, 7) is 2.47. The van der Waals surface area contributed by atoms with Gasteiger partial charge in [-0.15, -0.1) is 0 Å². The monoisotopic (exact) mass is 262 g/mol. The van der Waals surface area contributed by atoms with Crippen LogP contribution < -0.4 is 10.2 Å². The van der Waals surface area contributed by atoms with Crippen molar-refractivity contribution >= 4 is 17.6 Å². The predicted molar refractivity (Wildman–Crippen MR) is 72.6 cm³/mol. The van der Waals surface area contributed by atoms with Crippen molar-refractivity contribution in [3.05, 3.63) is 29.3 Å². The number of anilines is 1. The smallest absolute Gasteiger partial charge is 0.325 e. The largest absolute Gasteiger partial charge is 0.480 e. The number of rotatable bonds is 3. The molecule has 19 heavy (non-hydrogen) atoms. The molecule has 0 fully saturated rings. The lowest BCUT2D eigenvalue weighted by Crippen LogP contribution is -2.38. The molecule has 1 unspecified atom stereocenters. The zero-order valence-electron chi connectivity index (χ0n) is 11.1. The molecule has 0 radical (unpaired) electrons. The number of nitrogens with zero attached hydrogens (tertiary/aromatic N) is 1. The third kappa shape index (κ3) is 2.86. The van der Waals surface area contributed by atoms with Gasteiger partial charge in [0.15, 0.2) is 0 Å². The molecule has 1 heterocycles. The van der Waals surface area contributed by atoms with Crippen LogP contribution in [0.1, 0.15) is 29.3 Å². The first-order valence-electron chi connectivity index (χ1n) is 6.37. The number of fused-ring (bicyclic) bond motifs is 1. The molecule has 2 rings (SSSR count). The Balaban J connectivity index is 2.18. The third-order valence-electron chi connectivity index (χ3n) is 3.41. The van der Waals surface area contributed by atoms with Crippen molar-refractivity contribution in [3.8, 4) is 0 Å². The van der Waals surface area contributed by atoms with Crippen molar-refractivity contribution in [2.75, 3.05) is 18.5 Å². The van der Waals surface area contributed by atoms with Gasteiger partial charge in [-0.05, 0) is 43.5 Å². The summed E-state index contributed by atoms with van der Waals surface area (Å²) in [5, 5.41) is 11.2. The second kappa shape index (κ2) is 5.30. The lowest BCUT2D eigenvalue weighted by atomic mass is 9.99. The van der Waals surface area contributed by atoms with Crippen molar-refractivity contribution in [1.29, 1.82) is 0 Å². The number of aliphatic carboxylic acids is 1. The average molecular weight is 262 g/mol. The van der Waals surface area contributed by atoms with E-state index in [-0.39, 0.29) is 5.91 Å². The quantitative estimate of drug-likeness (QED) is 0.860. The van der Waals surface area contributed by atoms with Gasteiger partial charge in [-0.25, -0.2) is 0 Å². The molecule has 5 nitrogen and oxygen atoms in total. The number of aryl methyl sites for hydroxylation is 1. The number of carbonyl (C=O) groups excluding carboxylic acids is 1. The second-order valence-corrected chi connectivity index (χ2v) is 4.90. The minimum Gasteiger partial charge on any atom is -0.480 e. The highest BCUT2D eigenvalue weighted by molar-refractivity contribution is 5.97. The van der Waals surface area contributed by atoms with E-state index >= 15 is 0 Å². The number of carbonyl (C=O) groups is 2. The fourth-order valence-electron chi connectivity index (χ4n) is 2.27. The number of carboxylic acid groups (broad SMARTS) is 1. The zero-order chi connectivity index (χ0) is 14.0. The van der Waals surface area contributed by atoms with Gasteiger partial charge in [-0.2, -0.15) is 0 Å². The van der Waals surface area contributed by atoms with Crippen LogP contribution in [0, 0.1) is 0 Å². The normalized spacial score (nSPS) is 15.6. The SMILES string of the molecule is CC(NC(=O)c1ccc2c(c1)CCCN2C)C(=O)O. The summed E-state index contributed by atoms with van der Waals surface area (Å²) in [7, 11) is 2.03. The van der Waals surface area contributed by atoms with Crippen LogP contribution in [0.4, 0.5) is 5.69 Å². The first kappa shape index (κ1) is 13.4. The average Bonchev–Trinajstić information content (AvgIpc) is 2.38. The fraction of sp³-hybridized carbons (Fsp3) is 0.429. The first-order chi connectivity index (χ1) is 8.99. The summed E-state index contributed by atoms with van der Waals surface area (Å²) in [5.74, 6) is -1.38. The Kier molecular flexibility index (Phi) is 3.74. The molecule has 1 atom stereocenters. The number of nitrogens with one attached hydrogen (secondary N) is 1. The number of hydrogen-bond acceptors (Lipinski definition) is 3. The van der Waals surface area contributed by atoms with E-state index in [1.807, 2.05) is 19.2 Å². The Hall–Kier alpha value is -2.04. The summed E-state index contributed by atoms with van der Waals surface area (Å²) < 4.78 is 0. The molecular formula is C14H18N2O3. The molecule has 1 aliphatic heterocycles. The maximum absolute atomic E-state index is 11.9. The molecule has 0 bridgehead atoms. The van der Waals surface area contributed by atoms with Gasteiger partial charge in [-0.1, -0.05) is 0 Å². The van der Waals surface area contributed by atoms with Crippen LogP contribution in [0.3, 0.4) is 0 Å². The van der Waals surface area contributed by atoms with Gasteiger partial charge in [0.2, 0.25) is 0 Å². The molecule has 1 aliphatic rings. The highest BCUT2D eigenvalue weighted by atomic mass is 16.4. The predicted octanol–water partition coefficient (Wildman–Crippen LogP) is 1.27. The number of benzene rings is 1. The van der Waals surface area contributed by atoms with Crippen LogP contribution >= 0.6 is 0 Å². The van der Waals surface area contributed by atoms with Crippen LogP contribution in [-0.2, 0) is 11.2 Å². The molecule has 0 saturated heterocycles. The summed E-state index contributed by atoms with van der Waals surface area (Å²) in [6.07, 6.45) is 2.02. The van der Waals surface area contributed by atoms with E-state index in [1.54, 1.807) is 6.07 Å². The van der Waals surface area contributed by atoms with Crippen LogP contribution in [-0.4, -0.2) is 36.6 Å². The van der Waals surface area contributed by atoms with Gasteiger partial charge in [0.05, 0.1) is 0 Å². The Bertz CT molecular complexity index is 513. The summed E-state index contributed by atoms with van der Waals surface area (Å²) in [4.78, 5) is 24.8. The lowest BCUT2D eigenvalue weighted by Gasteiger charge is -2.27. The minimum absolute atomic E-state index is 0.342. The zero-order valence-corrected chi connectivity index (χ0v) is 11.1. The molecule has 0 spiro atoms. The number of amides is 1. The highest BCUT2D eigenvalue weighted by Gasteiger charge is 2.18. The Morgan fingerprint density at radius 2 is 2.16 bits per heavy atom. The topological polar surface area (TPSA) is 69.6 Å². The molecule has 1 aromatic rings. The van der Waals surface area contributed by atoms with Gasteiger partial charge >= 0.3 is 5.97 Å². The molecular weight excluding hydrogens is 244 g/mol. The highest BCUT2D eigenvalue weighted by Crippen LogP contribution is 2.26. The van der Waals surface area contributed by atoms with Crippen LogP contribution in [0.5, 0.6) is 0 Å². The van der Waals surface area contributed by atoms with Gasteiger partial charge < -0.3 is 15.3 Å². The maximum atomic E-state index is 11.9. The van der Waals surface area contributed by atoms with Gasteiger partial charge in [0, 0.05) is 24.8 Å².